The summed E-state index contributed by atoms with van der Waals surface area (Å²) < 4.78 is 38.5. The first-order valence-electron chi connectivity index (χ1n) is 6.30. The Morgan fingerprint density at radius 2 is 2.05 bits per heavy atom. The molecule has 0 bridgehead atoms. The quantitative estimate of drug-likeness (QED) is 0.817. The number of piperidine rings is 1. The van der Waals surface area contributed by atoms with Crippen molar-refractivity contribution in [1.29, 1.82) is 0 Å². The predicted octanol–water partition coefficient (Wildman–Crippen LogP) is 1.99. The lowest BCUT2D eigenvalue weighted by Gasteiger charge is -2.33. The Hall–Kier alpha value is -1.92. The van der Waals surface area contributed by atoms with Gasteiger partial charge in [-0.1, -0.05) is 0 Å². The monoisotopic (exact) mass is 287 g/mol. The number of benzene rings is 1. The van der Waals surface area contributed by atoms with Crippen molar-refractivity contribution in [3.05, 3.63) is 23.8 Å². The molecule has 1 saturated heterocycles. The van der Waals surface area contributed by atoms with Crippen molar-refractivity contribution in [2.45, 2.75) is 19.0 Å². The average Bonchev–Trinajstić information content (AvgIpc) is 2.38. The molecule has 20 heavy (non-hydrogen) atoms. The normalized spacial score (nSPS) is 19.9. The molecule has 1 amide bonds. The second-order valence-electron chi connectivity index (χ2n) is 4.96. The van der Waals surface area contributed by atoms with Crippen molar-refractivity contribution in [3.63, 3.8) is 0 Å². The Labute approximate surface area is 114 Å². The van der Waals surface area contributed by atoms with Gasteiger partial charge in [0.15, 0.2) is 0 Å². The summed E-state index contributed by atoms with van der Waals surface area (Å²) in [7, 11) is 0. The lowest BCUT2D eigenvalue weighted by Crippen LogP contribution is -2.41. The van der Waals surface area contributed by atoms with Gasteiger partial charge in [0, 0.05) is 24.5 Å². The van der Waals surface area contributed by atoms with Crippen molar-refractivity contribution in [1.82, 2.24) is 0 Å². The molecule has 1 aliphatic rings. The van der Waals surface area contributed by atoms with Gasteiger partial charge in [-0.05, 0) is 31.0 Å². The van der Waals surface area contributed by atoms with Crippen molar-refractivity contribution >= 4 is 17.3 Å². The van der Waals surface area contributed by atoms with Crippen LogP contribution >= 0.6 is 0 Å². The summed E-state index contributed by atoms with van der Waals surface area (Å²) in [5, 5.41) is 0. The Balaban J connectivity index is 2.27. The summed E-state index contributed by atoms with van der Waals surface area (Å²) >= 11 is 0. The fraction of sp³-hybridized carbons (Fsp3) is 0.462. The smallest absolute Gasteiger partial charge is 0.398 e. The predicted molar refractivity (Wildman–Crippen MR) is 70.0 cm³/mol. The molecular weight excluding hydrogens is 271 g/mol. The van der Waals surface area contributed by atoms with Gasteiger partial charge in [-0.15, -0.1) is 0 Å². The minimum absolute atomic E-state index is 0.301. The molecule has 0 spiro atoms. The van der Waals surface area contributed by atoms with Crippen molar-refractivity contribution in [2.24, 2.45) is 11.7 Å². The number of hydrogen-bond donors (Lipinski definition) is 2. The minimum atomic E-state index is -4.49. The van der Waals surface area contributed by atoms with Crippen LogP contribution in [0.1, 0.15) is 18.4 Å². The second kappa shape index (κ2) is 5.22. The Kier molecular flexibility index (Phi) is 3.78. The summed E-state index contributed by atoms with van der Waals surface area (Å²) in [6.07, 6.45) is -3.09. The zero-order valence-electron chi connectivity index (χ0n) is 10.8. The van der Waals surface area contributed by atoms with Crippen LogP contribution in [-0.2, 0) is 11.0 Å². The number of nitrogens with zero attached hydrogens (tertiary/aromatic N) is 1. The molecular formula is C13H16F3N3O. The lowest BCUT2D eigenvalue weighted by molar-refractivity contribution is -0.136. The van der Waals surface area contributed by atoms with Gasteiger partial charge in [-0.3, -0.25) is 4.79 Å². The first-order chi connectivity index (χ1) is 9.29. The van der Waals surface area contributed by atoms with Crippen molar-refractivity contribution < 1.29 is 18.0 Å². The van der Waals surface area contributed by atoms with Crippen LogP contribution in [0.4, 0.5) is 24.5 Å². The van der Waals surface area contributed by atoms with Crippen LogP contribution in [-0.4, -0.2) is 19.0 Å². The van der Waals surface area contributed by atoms with E-state index in [1.54, 1.807) is 4.90 Å². The molecule has 7 heteroatoms. The Morgan fingerprint density at radius 1 is 1.35 bits per heavy atom. The molecule has 110 valence electrons. The van der Waals surface area contributed by atoms with Crippen LogP contribution < -0.4 is 16.4 Å². The van der Waals surface area contributed by atoms with Crippen molar-refractivity contribution in [2.75, 3.05) is 23.7 Å². The number of halogens is 3. The largest absolute Gasteiger partial charge is 0.418 e. The highest BCUT2D eigenvalue weighted by atomic mass is 19.4. The minimum Gasteiger partial charge on any atom is -0.398 e. The molecule has 0 aliphatic carbocycles. The molecule has 1 aromatic carbocycles. The molecule has 0 saturated carbocycles. The highest BCUT2D eigenvalue weighted by Crippen LogP contribution is 2.36. The van der Waals surface area contributed by atoms with E-state index in [4.69, 9.17) is 11.5 Å². The third kappa shape index (κ3) is 2.97. The van der Waals surface area contributed by atoms with Gasteiger partial charge in [0.1, 0.15) is 0 Å². The first-order valence-corrected chi connectivity index (χ1v) is 6.30. The average molecular weight is 287 g/mol. The van der Waals surface area contributed by atoms with E-state index in [0.717, 1.165) is 12.5 Å². The number of primary amides is 1. The van der Waals surface area contributed by atoms with Crippen LogP contribution in [0.2, 0.25) is 0 Å². The van der Waals surface area contributed by atoms with Crippen molar-refractivity contribution in [3.8, 4) is 0 Å². The van der Waals surface area contributed by atoms with E-state index in [1.807, 2.05) is 0 Å². The molecule has 0 aromatic heterocycles. The third-order valence-electron chi connectivity index (χ3n) is 3.53. The summed E-state index contributed by atoms with van der Waals surface area (Å²) in [4.78, 5) is 13.0. The number of nitrogen functional groups attached to an aromatic ring is 1. The van der Waals surface area contributed by atoms with E-state index >= 15 is 0 Å². The van der Waals surface area contributed by atoms with Gasteiger partial charge in [0.25, 0.3) is 0 Å². The molecule has 1 atom stereocenters. The molecule has 0 radical (unpaired) electrons. The van der Waals surface area contributed by atoms with Crippen LogP contribution in [0, 0.1) is 5.92 Å². The van der Waals surface area contributed by atoms with E-state index in [1.165, 1.54) is 12.1 Å². The number of hydrogen-bond acceptors (Lipinski definition) is 3. The van der Waals surface area contributed by atoms with Crippen LogP contribution in [0.25, 0.3) is 0 Å². The van der Waals surface area contributed by atoms with Gasteiger partial charge >= 0.3 is 6.18 Å². The van der Waals surface area contributed by atoms with E-state index < -0.39 is 17.6 Å². The van der Waals surface area contributed by atoms with Gasteiger partial charge in [-0.25, -0.2) is 0 Å². The highest BCUT2D eigenvalue weighted by Gasteiger charge is 2.34. The molecule has 2 rings (SSSR count). The third-order valence-corrected chi connectivity index (χ3v) is 3.53. The molecule has 1 unspecified atom stereocenters. The second-order valence-corrected chi connectivity index (χ2v) is 4.96. The van der Waals surface area contributed by atoms with Crippen LogP contribution in [0.3, 0.4) is 0 Å². The highest BCUT2D eigenvalue weighted by molar-refractivity contribution is 5.77. The molecule has 1 aliphatic heterocycles. The van der Waals surface area contributed by atoms with Gasteiger partial charge in [0.2, 0.25) is 5.91 Å². The molecule has 1 fully saturated rings. The molecule has 1 aromatic rings. The number of amides is 1. The maximum absolute atomic E-state index is 12.8. The molecule has 1 heterocycles. The summed E-state index contributed by atoms with van der Waals surface area (Å²) in [6, 6.07) is 3.80. The van der Waals surface area contributed by atoms with Crippen LogP contribution in [0.15, 0.2) is 18.2 Å². The Morgan fingerprint density at radius 3 is 2.65 bits per heavy atom. The van der Waals surface area contributed by atoms with Gasteiger partial charge < -0.3 is 16.4 Å². The number of anilines is 2. The maximum Gasteiger partial charge on any atom is 0.418 e. The summed E-state index contributed by atoms with van der Waals surface area (Å²) in [5.74, 6) is -0.739. The Bertz CT molecular complexity index is 516. The van der Waals surface area contributed by atoms with Crippen LogP contribution in [0.5, 0.6) is 0 Å². The fourth-order valence-corrected chi connectivity index (χ4v) is 2.43. The summed E-state index contributed by atoms with van der Waals surface area (Å²) in [5.41, 5.74) is 9.90. The SMILES string of the molecule is NC(=O)C1CCCN(c2ccc(N)c(C(F)(F)F)c2)C1. The molecule has 4 N–H and O–H groups in total. The topological polar surface area (TPSA) is 72.4 Å². The number of nitrogens with two attached hydrogens (primary N) is 2. The number of alkyl halides is 3. The standard InChI is InChI=1S/C13H16F3N3O/c14-13(15,16)10-6-9(3-4-11(10)17)19-5-1-2-8(7-19)12(18)20/h3-4,6,8H,1-2,5,7,17H2,(H2,18,20). The fourth-order valence-electron chi connectivity index (χ4n) is 2.43. The van der Waals surface area contributed by atoms with E-state index in [2.05, 4.69) is 0 Å². The zero-order valence-corrected chi connectivity index (χ0v) is 10.8. The molecule has 4 nitrogen and oxygen atoms in total. The van der Waals surface area contributed by atoms with Gasteiger partial charge in [0.05, 0.1) is 11.5 Å². The number of carbonyl (C=O) groups is 1. The number of carbonyl (C=O) groups excluding carboxylic acids is 1. The van der Waals surface area contributed by atoms with E-state index in [0.29, 0.717) is 25.2 Å². The van der Waals surface area contributed by atoms with Gasteiger partial charge in [-0.2, -0.15) is 13.2 Å². The van der Waals surface area contributed by atoms with E-state index in [-0.39, 0.29) is 11.6 Å². The van der Waals surface area contributed by atoms with E-state index in [9.17, 15) is 18.0 Å². The zero-order chi connectivity index (χ0) is 14.9. The first kappa shape index (κ1) is 14.5. The maximum atomic E-state index is 12.8. The summed E-state index contributed by atoms with van der Waals surface area (Å²) in [6.45, 7) is 0.946. The number of rotatable bonds is 2. The lowest BCUT2D eigenvalue weighted by atomic mass is 9.96.